The molecular weight excluding hydrogens is 354 g/mol. The van der Waals surface area contributed by atoms with Crippen LogP contribution in [0.5, 0.6) is 5.75 Å². The van der Waals surface area contributed by atoms with E-state index in [0.29, 0.717) is 13.0 Å². The Morgan fingerprint density at radius 1 is 1.43 bits per heavy atom. The highest BCUT2D eigenvalue weighted by molar-refractivity contribution is 9.10. The summed E-state index contributed by atoms with van der Waals surface area (Å²) < 4.78 is 11.3. The number of hydrogen-bond acceptors (Lipinski definition) is 5. The van der Waals surface area contributed by atoms with E-state index in [0.717, 1.165) is 26.4 Å². The van der Waals surface area contributed by atoms with Gasteiger partial charge in [-0.2, -0.15) is 0 Å². The van der Waals surface area contributed by atoms with Gasteiger partial charge >= 0.3 is 5.97 Å². The number of carbonyl (C=O) groups excluding carboxylic acids is 1. The number of benzene rings is 1. The number of hydrogen-bond donors (Lipinski definition) is 0. The summed E-state index contributed by atoms with van der Waals surface area (Å²) in [6, 6.07) is 5.53. The Hall–Kier alpha value is -1.40. The first kappa shape index (κ1) is 16.0. The lowest BCUT2D eigenvalue weighted by Gasteiger charge is -2.08. The number of ether oxygens (including phenoxy) is 2. The van der Waals surface area contributed by atoms with E-state index in [1.165, 1.54) is 0 Å². The normalized spacial score (nSPS) is 10.4. The molecule has 0 bridgehead atoms. The average Bonchev–Trinajstić information content (AvgIpc) is 2.87. The Morgan fingerprint density at radius 3 is 2.90 bits per heavy atom. The standard InChI is InChI=1S/C15H16BrNO3S/c1-10-14(21-9-17-10)5-6-20-15(18)8-11-7-12(19-2)3-4-13(11)16/h3-4,7,9H,5-6,8H2,1-2H3. The molecule has 0 amide bonds. The van der Waals surface area contributed by atoms with E-state index in [1.54, 1.807) is 24.0 Å². The number of rotatable bonds is 6. The first-order chi connectivity index (χ1) is 10.1. The van der Waals surface area contributed by atoms with Crippen LogP contribution >= 0.6 is 27.3 Å². The predicted octanol–water partition coefficient (Wildman–Crippen LogP) is 3.55. The van der Waals surface area contributed by atoms with Crippen molar-refractivity contribution in [3.05, 3.63) is 44.3 Å². The minimum Gasteiger partial charge on any atom is -0.497 e. The van der Waals surface area contributed by atoms with Crippen molar-refractivity contribution in [1.82, 2.24) is 4.98 Å². The number of methoxy groups -OCH3 is 1. The summed E-state index contributed by atoms with van der Waals surface area (Å²) in [5.74, 6) is 0.479. The van der Waals surface area contributed by atoms with Crippen molar-refractivity contribution >= 4 is 33.2 Å². The lowest BCUT2D eigenvalue weighted by atomic mass is 10.1. The Balaban J connectivity index is 1.86. The van der Waals surface area contributed by atoms with Crippen LogP contribution in [0.2, 0.25) is 0 Å². The fourth-order valence-corrected chi connectivity index (χ4v) is 2.99. The maximum Gasteiger partial charge on any atom is 0.310 e. The Morgan fingerprint density at radius 2 is 2.24 bits per heavy atom. The molecule has 1 aromatic heterocycles. The number of aromatic nitrogens is 1. The SMILES string of the molecule is COc1ccc(Br)c(CC(=O)OCCc2scnc2C)c1. The van der Waals surface area contributed by atoms with Crippen LogP contribution in [-0.2, 0) is 22.4 Å². The predicted molar refractivity (Wildman–Crippen MR) is 85.9 cm³/mol. The van der Waals surface area contributed by atoms with Gasteiger partial charge in [0.1, 0.15) is 5.75 Å². The van der Waals surface area contributed by atoms with Crippen LogP contribution in [0.4, 0.5) is 0 Å². The van der Waals surface area contributed by atoms with E-state index in [-0.39, 0.29) is 12.4 Å². The average molecular weight is 370 g/mol. The molecule has 0 fully saturated rings. The van der Waals surface area contributed by atoms with Crippen LogP contribution in [0, 0.1) is 6.92 Å². The largest absolute Gasteiger partial charge is 0.497 e. The molecule has 0 saturated heterocycles. The summed E-state index contributed by atoms with van der Waals surface area (Å²) >= 11 is 5.01. The third-order valence-electron chi connectivity index (χ3n) is 3.02. The first-order valence-electron chi connectivity index (χ1n) is 6.47. The zero-order valence-corrected chi connectivity index (χ0v) is 14.3. The van der Waals surface area contributed by atoms with Gasteiger partial charge in [-0.1, -0.05) is 15.9 Å². The number of aryl methyl sites for hydroxylation is 1. The minimum absolute atomic E-state index is 0.222. The smallest absolute Gasteiger partial charge is 0.310 e. The van der Waals surface area contributed by atoms with Gasteiger partial charge in [0.25, 0.3) is 0 Å². The van der Waals surface area contributed by atoms with E-state index in [4.69, 9.17) is 9.47 Å². The summed E-state index contributed by atoms with van der Waals surface area (Å²) in [4.78, 5) is 17.2. The Bertz CT molecular complexity index is 627. The molecule has 4 nitrogen and oxygen atoms in total. The highest BCUT2D eigenvalue weighted by Gasteiger charge is 2.10. The van der Waals surface area contributed by atoms with Crippen LogP contribution in [0.3, 0.4) is 0 Å². The van der Waals surface area contributed by atoms with Crippen LogP contribution in [-0.4, -0.2) is 24.7 Å². The van der Waals surface area contributed by atoms with Crippen molar-refractivity contribution in [2.45, 2.75) is 19.8 Å². The molecule has 0 atom stereocenters. The monoisotopic (exact) mass is 369 g/mol. The van der Waals surface area contributed by atoms with Crippen molar-refractivity contribution in [2.75, 3.05) is 13.7 Å². The molecule has 2 aromatic rings. The zero-order chi connectivity index (χ0) is 15.2. The summed E-state index contributed by atoms with van der Waals surface area (Å²) in [6.07, 6.45) is 0.932. The van der Waals surface area contributed by atoms with E-state index in [9.17, 15) is 4.79 Å². The third-order valence-corrected chi connectivity index (χ3v) is 4.79. The van der Waals surface area contributed by atoms with E-state index in [2.05, 4.69) is 20.9 Å². The number of nitrogens with zero attached hydrogens (tertiary/aromatic N) is 1. The maximum atomic E-state index is 11.9. The van der Waals surface area contributed by atoms with Crippen molar-refractivity contribution in [3.63, 3.8) is 0 Å². The van der Waals surface area contributed by atoms with Crippen molar-refractivity contribution in [3.8, 4) is 5.75 Å². The van der Waals surface area contributed by atoms with Crippen molar-refractivity contribution in [1.29, 1.82) is 0 Å². The lowest BCUT2D eigenvalue weighted by Crippen LogP contribution is -2.11. The molecule has 0 unspecified atom stereocenters. The fourth-order valence-electron chi connectivity index (χ4n) is 1.84. The molecule has 0 aliphatic heterocycles. The van der Waals surface area contributed by atoms with Crippen molar-refractivity contribution in [2.24, 2.45) is 0 Å². The van der Waals surface area contributed by atoms with Gasteiger partial charge in [0.15, 0.2) is 0 Å². The van der Waals surface area contributed by atoms with E-state index < -0.39 is 0 Å². The molecule has 0 spiro atoms. The number of thiazole rings is 1. The van der Waals surface area contributed by atoms with Gasteiger partial charge in [0.2, 0.25) is 0 Å². The molecule has 0 aliphatic rings. The molecule has 1 aromatic carbocycles. The first-order valence-corrected chi connectivity index (χ1v) is 8.14. The Kier molecular flexibility index (Phi) is 5.76. The van der Waals surface area contributed by atoms with Gasteiger partial charge < -0.3 is 9.47 Å². The number of carbonyl (C=O) groups is 1. The van der Waals surface area contributed by atoms with E-state index >= 15 is 0 Å². The van der Waals surface area contributed by atoms with Crippen LogP contribution in [0.1, 0.15) is 16.1 Å². The van der Waals surface area contributed by atoms with Crippen LogP contribution in [0.15, 0.2) is 28.2 Å². The second kappa shape index (κ2) is 7.56. The van der Waals surface area contributed by atoms with Gasteiger partial charge in [-0.05, 0) is 30.7 Å². The summed E-state index contributed by atoms with van der Waals surface area (Å²) in [5, 5.41) is 0. The molecule has 1 heterocycles. The lowest BCUT2D eigenvalue weighted by molar-refractivity contribution is -0.142. The molecule has 112 valence electrons. The molecule has 0 aliphatic carbocycles. The van der Waals surface area contributed by atoms with Gasteiger partial charge in [-0.3, -0.25) is 4.79 Å². The van der Waals surface area contributed by atoms with Gasteiger partial charge in [-0.15, -0.1) is 11.3 Å². The highest BCUT2D eigenvalue weighted by atomic mass is 79.9. The van der Waals surface area contributed by atoms with Crippen LogP contribution in [0.25, 0.3) is 0 Å². The zero-order valence-electron chi connectivity index (χ0n) is 11.9. The number of esters is 1. The second-order valence-corrected chi connectivity index (χ2v) is 6.26. The maximum absolute atomic E-state index is 11.9. The summed E-state index contributed by atoms with van der Waals surface area (Å²) in [7, 11) is 1.60. The molecule has 0 N–H and O–H groups in total. The molecule has 6 heteroatoms. The van der Waals surface area contributed by atoms with E-state index in [1.807, 2.05) is 25.1 Å². The van der Waals surface area contributed by atoms with Gasteiger partial charge in [0, 0.05) is 15.8 Å². The quantitative estimate of drug-likeness (QED) is 0.730. The number of halogens is 1. The Labute approximate surface area is 136 Å². The van der Waals surface area contributed by atoms with Gasteiger partial charge in [-0.25, -0.2) is 4.98 Å². The third kappa shape index (κ3) is 4.54. The minimum atomic E-state index is -0.244. The summed E-state index contributed by atoms with van der Waals surface area (Å²) in [5.41, 5.74) is 3.67. The highest BCUT2D eigenvalue weighted by Crippen LogP contribution is 2.23. The molecule has 2 rings (SSSR count). The fraction of sp³-hybridized carbons (Fsp3) is 0.333. The molecule has 0 saturated carbocycles. The van der Waals surface area contributed by atoms with Crippen molar-refractivity contribution < 1.29 is 14.3 Å². The second-order valence-electron chi connectivity index (χ2n) is 4.47. The molecular formula is C15H16BrNO3S. The van der Waals surface area contributed by atoms with Gasteiger partial charge in [0.05, 0.1) is 31.3 Å². The molecule has 0 radical (unpaired) electrons. The van der Waals surface area contributed by atoms with Crippen LogP contribution < -0.4 is 4.74 Å². The molecule has 21 heavy (non-hydrogen) atoms. The topological polar surface area (TPSA) is 48.4 Å². The summed E-state index contributed by atoms with van der Waals surface area (Å²) in [6.45, 7) is 2.34.